The Bertz CT molecular complexity index is 582. The Morgan fingerprint density at radius 3 is 2.84 bits per heavy atom. The molecule has 1 aromatic heterocycles. The van der Waals surface area contributed by atoms with Gasteiger partial charge in [0.15, 0.2) is 11.4 Å². The Morgan fingerprint density at radius 1 is 1.37 bits per heavy atom. The minimum Gasteiger partial charge on any atom is -0.444 e. The van der Waals surface area contributed by atoms with Gasteiger partial charge in [0.1, 0.15) is 6.61 Å². The van der Waals surface area contributed by atoms with Gasteiger partial charge in [-0.25, -0.2) is 10.2 Å². The molecule has 102 valence electrons. The van der Waals surface area contributed by atoms with E-state index in [-0.39, 0.29) is 6.61 Å². The molecule has 1 aromatic carbocycles. The number of rotatable bonds is 3. The van der Waals surface area contributed by atoms with E-state index >= 15 is 0 Å². The number of benzene rings is 1. The van der Waals surface area contributed by atoms with Crippen LogP contribution in [0.15, 0.2) is 28.8 Å². The van der Waals surface area contributed by atoms with Gasteiger partial charge in [0.25, 0.3) is 0 Å². The lowest BCUT2D eigenvalue weighted by Crippen LogP contribution is -2.32. The normalized spacial score (nSPS) is 11.3. The van der Waals surface area contributed by atoms with Gasteiger partial charge in [-0.2, -0.15) is 0 Å². The fraction of sp³-hybridized carbons (Fsp3) is 0.200. The molecule has 0 aliphatic rings. The summed E-state index contributed by atoms with van der Waals surface area (Å²) in [5.74, 6) is 0.349. The molecule has 0 radical (unpaired) electrons. The van der Waals surface area contributed by atoms with Crippen molar-refractivity contribution >= 4 is 57.7 Å². The zero-order valence-electron chi connectivity index (χ0n) is 9.32. The molecule has 0 unspecified atom stereocenters. The Kier molecular flexibility index (Phi) is 4.24. The second-order valence-corrected chi connectivity index (χ2v) is 5.98. The molecule has 1 amide bonds. The van der Waals surface area contributed by atoms with Crippen LogP contribution in [0.3, 0.4) is 0 Å². The highest BCUT2D eigenvalue weighted by atomic mass is 35.6. The maximum Gasteiger partial charge on any atom is 0.426 e. The standard InChI is InChI=1S/C10H8Cl3N3O3/c11-10(12,13)5-18-9(17)15-14-8-6-3-1-2-4-7(6)19-16-8/h1-4H,5H2,(H,14,16)(H,15,17). The first-order chi connectivity index (χ1) is 8.96. The number of nitrogens with one attached hydrogen (secondary N) is 2. The highest BCUT2D eigenvalue weighted by molar-refractivity contribution is 6.67. The maximum absolute atomic E-state index is 11.3. The average Bonchev–Trinajstić information content (AvgIpc) is 2.76. The van der Waals surface area contributed by atoms with Crippen LogP contribution in [0.2, 0.25) is 0 Å². The summed E-state index contributed by atoms with van der Waals surface area (Å²) in [5.41, 5.74) is 5.37. The molecule has 2 N–H and O–H groups in total. The predicted octanol–water partition coefficient (Wildman–Crippen LogP) is 3.25. The summed E-state index contributed by atoms with van der Waals surface area (Å²) in [4.78, 5) is 11.3. The molecule has 0 spiro atoms. The molecule has 0 bridgehead atoms. The van der Waals surface area contributed by atoms with Crippen molar-refractivity contribution in [2.75, 3.05) is 12.0 Å². The number of alkyl halides is 3. The summed E-state index contributed by atoms with van der Waals surface area (Å²) in [6, 6.07) is 7.14. The first kappa shape index (κ1) is 14.0. The van der Waals surface area contributed by atoms with Gasteiger partial charge in [0.2, 0.25) is 3.79 Å². The number of hydrogen-bond donors (Lipinski definition) is 2. The van der Waals surface area contributed by atoms with Crippen molar-refractivity contribution in [2.24, 2.45) is 0 Å². The summed E-state index contributed by atoms with van der Waals surface area (Å²) in [7, 11) is 0. The Hall–Kier alpha value is -1.37. The number of para-hydroxylation sites is 1. The van der Waals surface area contributed by atoms with E-state index in [0.717, 1.165) is 0 Å². The number of hydrogen-bond acceptors (Lipinski definition) is 5. The number of aromatic nitrogens is 1. The van der Waals surface area contributed by atoms with Crippen molar-refractivity contribution in [1.29, 1.82) is 0 Å². The highest BCUT2D eigenvalue weighted by Gasteiger charge is 2.22. The van der Waals surface area contributed by atoms with E-state index in [1.165, 1.54) is 0 Å². The lowest BCUT2D eigenvalue weighted by Gasteiger charge is -2.11. The van der Waals surface area contributed by atoms with Gasteiger partial charge < -0.3 is 9.26 Å². The summed E-state index contributed by atoms with van der Waals surface area (Å²) in [6.45, 7) is -0.370. The second-order valence-electron chi connectivity index (χ2n) is 3.47. The zero-order valence-corrected chi connectivity index (χ0v) is 11.6. The topological polar surface area (TPSA) is 76.4 Å². The number of carbonyl (C=O) groups is 1. The molecule has 0 atom stereocenters. The third kappa shape index (κ3) is 4.05. The van der Waals surface area contributed by atoms with E-state index < -0.39 is 9.89 Å². The van der Waals surface area contributed by atoms with Crippen molar-refractivity contribution in [2.45, 2.75) is 3.79 Å². The Balaban J connectivity index is 1.90. The molecule has 1 heterocycles. The van der Waals surface area contributed by atoms with Crippen LogP contribution in [0, 0.1) is 0 Å². The SMILES string of the molecule is O=C(NNc1noc2ccccc12)OCC(Cl)(Cl)Cl. The van der Waals surface area contributed by atoms with Crippen molar-refractivity contribution in [1.82, 2.24) is 10.6 Å². The second kappa shape index (κ2) is 5.73. The van der Waals surface area contributed by atoms with E-state index in [4.69, 9.17) is 39.3 Å². The number of anilines is 1. The first-order valence-electron chi connectivity index (χ1n) is 5.06. The van der Waals surface area contributed by atoms with Crippen molar-refractivity contribution in [3.05, 3.63) is 24.3 Å². The summed E-state index contributed by atoms with van der Waals surface area (Å²) in [6.07, 6.45) is -0.807. The fourth-order valence-corrected chi connectivity index (χ4v) is 1.43. The van der Waals surface area contributed by atoms with E-state index in [1.54, 1.807) is 18.2 Å². The van der Waals surface area contributed by atoms with Crippen LogP contribution in [0.1, 0.15) is 0 Å². The molecule has 0 aliphatic heterocycles. The summed E-state index contributed by atoms with van der Waals surface area (Å²) >= 11 is 16.3. The van der Waals surface area contributed by atoms with Crippen LogP contribution in [-0.4, -0.2) is 21.6 Å². The average molecular weight is 325 g/mol. The largest absolute Gasteiger partial charge is 0.444 e. The van der Waals surface area contributed by atoms with Crippen molar-refractivity contribution in [3.63, 3.8) is 0 Å². The third-order valence-corrected chi connectivity index (χ3v) is 2.35. The molecular weight excluding hydrogens is 316 g/mol. The van der Waals surface area contributed by atoms with Gasteiger partial charge in [0, 0.05) is 0 Å². The molecular formula is C10H8Cl3N3O3. The van der Waals surface area contributed by atoms with Gasteiger partial charge in [-0.1, -0.05) is 52.1 Å². The molecule has 19 heavy (non-hydrogen) atoms. The number of carbonyl (C=O) groups excluding carboxylic acids is 1. The van der Waals surface area contributed by atoms with E-state index in [0.29, 0.717) is 16.8 Å². The van der Waals surface area contributed by atoms with Gasteiger partial charge in [-0.05, 0) is 12.1 Å². The molecule has 0 saturated heterocycles. The van der Waals surface area contributed by atoms with Crippen LogP contribution >= 0.6 is 34.8 Å². The summed E-state index contributed by atoms with van der Waals surface area (Å²) in [5, 5.41) is 4.45. The minimum absolute atomic E-state index is 0.349. The maximum atomic E-state index is 11.3. The van der Waals surface area contributed by atoms with Gasteiger partial charge in [-0.3, -0.25) is 5.43 Å². The summed E-state index contributed by atoms with van der Waals surface area (Å²) < 4.78 is 8.02. The molecule has 0 aliphatic carbocycles. The van der Waals surface area contributed by atoms with Crippen LogP contribution in [0.25, 0.3) is 11.0 Å². The number of halogens is 3. The van der Waals surface area contributed by atoms with E-state index in [9.17, 15) is 4.79 Å². The van der Waals surface area contributed by atoms with Crippen LogP contribution in [0.5, 0.6) is 0 Å². The number of amides is 1. The van der Waals surface area contributed by atoms with Gasteiger partial charge in [-0.15, -0.1) is 0 Å². The van der Waals surface area contributed by atoms with Crippen LogP contribution in [-0.2, 0) is 4.74 Å². The monoisotopic (exact) mass is 323 g/mol. The Morgan fingerprint density at radius 2 is 2.11 bits per heavy atom. The van der Waals surface area contributed by atoms with Crippen molar-refractivity contribution in [3.8, 4) is 0 Å². The van der Waals surface area contributed by atoms with E-state index in [2.05, 4.69) is 20.7 Å². The molecule has 6 nitrogen and oxygen atoms in total. The lowest BCUT2D eigenvalue weighted by molar-refractivity contribution is 0.150. The van der Waals surface area contributed by atoms with Crippen LogP contribution in [0.4, 0.5) is 10.6 Å². The Labute approximate surface area is 122 Å². The van der Waals surface area contributed by atoms with Gasteiger partial charge in [0.05, 0.1) is 5.39 Å². The fourth-order valence-electron chi connectivity index (χ4n) is 1.27. The zero-order chi connectivity index (χ0) is 13.9. The first-order valence-corrected chi connectivity index (χ1v) is 6.19. The molecule has 0 fully saturated rings. The van der Waals surface area contributed by atoms with Crippen LogP contribution < -0.4 is 10.9 Å². The molecule has 0 saturated carbocycles. The number of hydrazine groups is 1. The molecule has 2 aromatic rings. The van der Waals surface area contributed by atoms with Crippen molar-refractivity contribution < 1.29 is 14.1 Å². The van der Waals surface area contributed by atoms with E-state index in [1.807, 2.05) is 6.07 Å². The number of nitrogens with zero attached hydrogens (tertiary/aromatic N) is 1. The smallest absolute Gasteiger partial charge is 0.426 e. The highest BCUT2D eigenvalue weighted by Crippen LogP contribution is 2.26. The minimum atomic E-state index is -1.65. The number of ether oxygens (including phenoxy) is 1. The molecule has 2 rings (SSSR count). The number of fused-ring (bicyclic) bond motifs is 1. The van der Waals surface area contributed by atoms with Gasteiger partial charge >= 0.3 is 6.09 Å². The third-order valence-electron chi connectivity index (χ3n) is 2.03. The quantitative estimate of drug-likeness (QED) is 0.669. The molecule has 9 heteroatoms. The predicted molar refractivity (Wildman–Crippen MR) is 72.4 cm³/mol. The lowest BCUT2D eigenvalue weighted by atomic mass is 10.2.